The highest BCUT2D eigenvalue weighted by molar-refractivity contribution is 7.17. The second kappa shape index (κ2) is 11.2. The van der Waals surface area contributed by atoms with Crippen LogP contribution < -0.4 is 10.6 Å². The molecule has 1 unspecified atom stereocenters. The highest BCUT2D eigenvalue weighted by atomic mass is 32.1. The zero-order valence-corrected chi connectivity index (χ0v) is 22.6. The van der Waals surface area contributed by atoms with Crippen molar-refractivity contribution in [3.05, 3.63) is 28.5 Å². The van der Waals surface area contributed by atoms with E-state index in [1.807, 2.05) is 6.92 Å². The van der Waals surface area contributed by atoms with Crippen molar-refractivity contribution < 1.29 is 27.9 Å². The fraction of sp³-hybridized carbons (Fsp3) is 0.615. The van der Waals surface area contributed by atoms with E-state index < -0.39 is 29.2 Å². The molecule has 1 aliphatic heterocycles. The third-order valence-corrected chi connectivity index (χ3v) is 8.02. The van der Waals surface area contributed by atoms with Gasteiger partial charge < -0.3 is 20.6 Å². The zero-order chi connectivity index (χ0) is 27.7. The molecule has 38 heavy (non-hydrogen) atoms. The maximum absolute atomic E-state index is 14.3. The maximum Gasteiger partial charge on any atom is 0.417 e. The third-order valence-electron chi connectivity index (χ3n) is 6.93. The Morgan fingerprint density at radius 3 is 2.47 bits per heavy atom. The molecule has 3 heterocycles. The number of amides is 2. The quantitative estimate of drug-likeness (QED) is 0.441. The number of aromatic nitrogens is 2. The summed E-state index contributed by atoms with van der Waals surface area (Å²) in [6, 6.07) is 0.947. The van der Waals surface area contributed by atoms with Crippen LogP contribution in [0, 0.1) is 0 Å². The molecule has 2 fully saturated rings. The fourth-order valence-corrected chi connectivity index (χ4v) is 5.89. The van der Waals surface area contributed by atoms with Gasteiger partial charge in [-0.25, -0.2) is 9.97 Å². The van der Waals surface area contributed by atoms with E-state index in [1.165, 1.54) is 13.8 Å². The van der Waals surface area contributed by atoms with Crippen molar-refractivity contribution in [3.63, 3.8) is 0 Å². The second-order valence-corrected chi connectivity index (χ2v) is 11.8. The number of thiazole rings is 1. The summed E-state index contributed by atoms with van der Waals surface area (Å²) in [5.41, 5.74) is -2.63. The molecular formula is C26H34F3N5O3S. The number of halogens is 3. The standard InChI is InChI=1S/C26H34F3N5O3S/c1-15-8-7-11-34(15)24(36)20-21(38-23(33-20)22(35)31-14-25(2,3)37)17-13-30-19(12-18(17)26(27,28)29)32-16-9-5-4-6-10-16/h12-13,15-16,37H,4-11,14H2,1-3H3,(H,30,32)(H,31,35). The van der Waals surface area contributed by atoms with E-state index in [1.54, 1.807) is 4.90 Å². The number of carbonyl (C=O) groups excluding carboxylic acids is 2. The second-order valence-electron chi connectivity index (χ2n) is 10.8. The monoisotopic (exact) mass is 553 g/mol. The average molecular weight is 554 g/mol. The van der Waals surface area contributed by atoms with Gasteiger partial charge in [0.15, 0.2) is 5.01 Å². The van der Waals surface area contributed by atoms with Crippen LogP contribution in [0.3, 0.4) is 0 Å². The largest absolute Gasteiger partial charge is 0.417 e. The van der Waals surface area contributed by atoms with Crippen molar-refractivity contribution in [2.75, 3.05) is 18.4 Å². The summed E-state index contributed by atoms with van der Waals surface area (Å²) in [5, 5.41) is 15.5. The third kappa shape index (κ3) is 6.63. The van der Waals surface area contributed by atoms with Gasteiger partial charge in [0.25, 0.3) is 11.8 Å². The summed E-state index contributed by atoms with van der Waals surface area (Å²) in [5.74, 6) is -1.06. The topological polar surface area (TPSA) is 107 Å². The van der Waals surface area contributed by atoms with E-state index in [4.69, 9.17) is 0 Å². The number of likely N-dealkylation sites (tertiary alicyclic amines) is 1. The first-order chi connectivity index (χ1) is 17.8. The van der Waals surface area contributed by atoms with Crippen LogP contribution in [0.2, 0.25) is 0 Å². The summed E-state index contributed by atoms with van der Waals surface area (Å²) < 4.78 is 43.0. The molecule has 0 aromatic carbocycles. The number of nitrogens with one attached hydrogen (secondary N) is 2. The lowest BCUT2D eigenvalue weighted by molar-refractivity contribution is -0.137. The van der Waals surface area contributed by atoms with Gasteiger partial charge in [0.2, 0.25) is 0 Å². The first-order valence-corrected chi connectivity index (χ1v) is 13.8. The normalized spacial score (nSPS) is 19.0. The van der Waals surface area contributed by atoms with Gasteiger partial charge in [-0.3, -0.25) is 9.59 Å². The highest BCUT2D eigenvalue weighted by Crippen LogP contribution is 2.42. The van der Waals surface area contributed by atoms with E-state index >= 15 is 0 Å². The number of pyridine rings is 1. The lowest BCUT2D eigenvalue weighted by Gasteiger charge is -2.24. The molecule has 12 heteroatoms. The molecule has 3 N–H and O–H groups in total. The lowest BCUT2D eigenvalue weighted by Crippen LogP contribution is -2.38. The van der Waals surface area contributed by atoms with Crippen LogP contribution in [0.5, 0.6) is 0 Å². The Morgan fingerprint density at radius 2 is 1.87 bits per heavy atom. The van der Waals surface area contributed by atoms with Crippen molar-refractivity contribution in [1.82, 2.24) is 20.2 Å². The van der Waals surface area contributed by atoms with Crippen LogP contribution in [0.1, 0.15) is 91.6 Å². The Bertz CT molecular complexity index is 1170. The van der Waals surface area contributed by atoms with Crippen molar-refractivity contribution in [2.45, 2.75) is 89.6 Å². The summed E-state index contributed by atoms with van der Waals surface area (Å²) >= 11 is 0.719. The number of rotatable bonds is 7. The highest BCUT2D eigenvalue weighted by Gasteiger charge is 2.38. The van der Waals surface area contributed by atoms with Crippen LogP contribution in [-0.2, 0) is 6.18 Å². The molecule has 0 spiro atoms. The van der Waals surface area contributed by atoms with Gasteiger partial charge in [-0.2, -0.15) is 13.2 Å². The molecule has 0 bridgehead atoms. The van der Waals surface area contributed by atoms with Gasteiger partial charge >= 0.3 is 6.18 Å². The minimum atomic E-state index is -4.73. The number of hydrogen-bond donors (Lipinski definition) is 3. The maximum atomic E-state index is 14.3. The van der Waals surface area contributed by atoms with E-state index in [0.717, 1.165) is 68.5 Å². The van der Waals surface area contributed by atoms with E-state index in [2.05, 4.69) is 20.6 Å². The van der Waals surface area contributed by atoms with E-state index in [9.17, 15) is 27.9 Å². The van der Waals surface area contributed by atoms with Crippen LogP contribution in [0.4, 0.5) is 19.0 Å². The number of hydrogen-bond acceptors (Lipinski definition) is 7. The van der Waals surface area contributed by atoms with Crippen LogP contribution >= 0.6 is 11.3 Å². The van der Waals surface area contributed by atoms with Gasteiger partial charge in [-0.1, -0.05) is 19.3 Å². The Labute approximate surface area is 224 Å². The molecule has 2 aliphatic rings. The molecule has 1 saturated carbocycles. The average Bonchev–Trinajstić information content (AvgIpc) is 3.48. The predicted octanol–water partition coefficient (Wildman–Crippen LogP) is 5.09. The predicted molar refractivity (Wildman–Crippen MR) is 139 cm³/mol. The molecule has 0 radical (unpaired) electrons. The number of aliphatic hydroxyl groups is 1. The van der Waals surface area contributed by atoms with E-state index in [-0.39, 0.29) is 45.6 Å². The van der Waals surface area contributed by atoms with E-state index in [0.29, 0.717) is 6.54 Å². The van der Waals surface area contributed by atoms with Crippen LogP contribution in [-0.4, -0.2) is 62.6 Å². The Morgan fingerprint density at radius 1 is 1.16 bits per heavy atom. The molecule has 1 saturated heterocycles. The van der Waals surface area contributed by atoms with Gasteiger partial charge in [0.1, 0.15) is 11.5 Å². The first kappa shape index (κ1) is 28.3. The van der Waals surface area contributed by atoms with Crippen molar-refractivity contribution >= 4 is 29.0 Å². The number of carbonyl (C=O) groups is 2. The first-order valence-electron chi connectivity index (χ1n) is 13.0. The van der Waals surface area contributed by atoms with Gasteiger partial charge in [-0.05, 0) is 52.5 Å². The SMILES string of the molecule is CC1CCCN1C(=O)c1nc(C(=O)NCC(C)(C)O)sc1-c1cnc(NC2CCCCC2)cc1C(F)(F)F. The van der Waals surface area contributed by atoms with Crippen molar-refractivity contribution in [3.8, 4) is 10.4 Å². The molecule has 4 rings (SSSR count). The molecule has 8 nitrogen and oxygen atoms in total. The molecule has 208 valence electrons. The summed E-state index contributed by atoms with van der Waals surface area (Å²) in [7, 11) is 0. The Kier molecular flexibility index (Phi) is 8.32. The Hall–Kier alpha value is -2.73. The van der Waals surface area contributed by atoms with Crippen LogP contribution in [0.25, 0.3) is 10.4 Å². The van der Waals surface area contributed by atoms with Crippen LogP contribution in [0.15, 0.2) is 12.3 Å². The number of nitrogens with zero attached hydrogens (tertiary/aromatic N) is 3. The zero-order valence-electron chi connectivity index (χ0n) is 21.8. The molecule has 1 atom stereocenters. The van der Waals surface area contributed by atoms with Crippen molar-refractivity contribution in [1.29, 1.82) is 0 Å². The smallest absolute Gasteiger partial charge is 0.389 e. The lowest BCUT2D eigenvalue weighted by atomic mass is 9.95. The number of alkyl halides is 3. The minimum Gasteiger partial charge on any atom is -0.389 e. The summed E-state index contributed by atoms with van der Waals surface area (Å²) in [6.45, 7) is 5.27. The Balaban J connectivity index is 1.75. The van der Waals surface area contributed by atoms with Gasteiger partial charge in [-0.15, -0.1) is 11.3 Å². The molecule has 2 amide bonds. The van der Waals surface area contributed by atoms with Crippen molar-refractivity contribution in [2.24, 2.45) is 0 Å². The fourth-order valence-electron chi connectivity index (χ4n) is 4.89. The summed E-state index contributed by atoms with van der Waals surface area (Å²) in [4.78, 5) is 36.3. The minimum absolute atomic E-state index is 0.0495. The molecule has 2 aromatic rings. The van der Waals surface area contributed by atoms with Gasteiger partial charge in [0, 0.05) is 36.9 Å². The molecular weight excluding hydrogens is 519 g/mol. The molecule has 1 aliphatic carbocycles. The van der Waals surface area contributed by atoms with Gasteiger partial charge in [0.05, 0.1) is 16.0 Å². The molecule has 2 aromatic heterocycles. The number of anilines is 1. The summed E-state index contributed by atoms with van der Waals surface area (Å²) in [6.07, 6.45) is 2.83.